The molecular formula is C15H17F3INO2. The van der Waals surface area contributed by atoms with Crippen molar-refractivity contribution < 1.29 is 22.7 Å². The van der Waals surface area contributed by atoms with Crippen molar-refractivity contribution >= 4 is 28.5 Å². The maximum Gasteiger partial charge on any atom is 0.471 e. The lowest BCUT2D eigenvalue weighted by atomic mass is 10.0. The van der Waals surface area contributed by atoms with Gasteiger partial charge in [0.2, 0.25) is 0 Å². The van der Waals surface area contributed by atoms with Gasteiger partial charge in [-0.3, -0.25) is 4.79 Å². The fraction of sp³-hybridized carbons (Fsp3) is 0.400. The van der Waals surface area contributed by atoms with Crippen LogP contribution in [0.5, 0.6) is 5.75 Å². The SMILES string of the molecule is C=CCN(C(=O)C(F)(F)F)C(CC)c1cc(OC)ccc1I. The molecule has 0 aliphatic heterocycles. The van der Waals surface area contributed by atoms with Gasteiger partial charge in [-0.1, -0.05) is 13.0 Å². The monoisotopic (exact) mass is 427 g/mol. The molecule has 0 saturated carbocycles. The molecule has 0 saturated heterocycles. The zero-order valence-electron chi connectivity index (χ0n) is 12.3. The Morgan fingerprint density at radius 3 is 2.59 bits per heavy atom. The number of alkyl halides is 3. The Morgan fingerprint density at radius 2 is 2.14 bits per heavy atom. The Kier molecular flexibility index (Phi) is 6.70. The second-order valence-electron chi connectivity index (χ2n) is 4.56. The van der Waals surface area contributed by atoms with Crippen LogP contribution in [0.15, 0.2) is 30.9 Å². The Balaban J connectivity index is 3.30. The van der Waals surface area contributed by atoms with Crippen LogP contribution >= 0.6 is 22.6 Å². The lowest BCUT2D eigenvalue weighted by Crippen LogP contribution is -2.43. The van der Waals surface area contributed by atoms with Crippen molar-refractivity contribution in [2.24, 2.45) is 0 Å². The molecule has 0 aliphatic rings. The van der Waals surface area contributed by atoms with Gasteiger partial charge in [0, 0.05) is 10.1 Å². The molecule has 1 amide bonds. The van der Waals surface area contributed by atoms with Gasteiger partial charge < -0.3 is 9.64 Å². The van der Waals surface area contributed by atoms with Crippen molar-refractivity contribution in [2.75, 3.05) is 13.7 Å². The summed E-state index contributed by atoms with van der Waals surface area (Å²) < 4.78 is 44.4. The van der Waals surface area contributed by atoms with E-state index in [1.165, 1.54) is 13.2 Å². The summed E-state index contributed by atoms with van der Waals surface area (Å²) in [6.07, 6.45) is -3.28. The largest absolute Gasteiger partial charge is 0.497 e. The maximum absolute atomic E-state index is 12.8. The fourth-order valence-electron chi connectivity index (χ4n) is 2.17. The van der Waals surface area contributed by atoms with Gasteiger partial charge in [-0.15, -0.1) is 6.58 Å². The topological polar surface area (TPSA) is 29.5 Å². The summed E-state index contributed by atoms with van der Waals surface area (Å²) in [6.45, 7) is 5.00. The number of nitrogens with zero attached hydrogens (tertiary/aromatic N) is 1. The first kappa shape index (κ1) is 18.8. The molecule has 0 heterocycles. The van der Waals surface area contributed by atoms with Crippen molar-refractivity contribution in [3.63, 3.8) is 0 Å². The number of rotatable bonds is 6. The molecule has 1 aromatic rings. The van der Waals surface area contributed by atoms with Gasteiger partial charge in [0.1, 0.15) is 5.75 Å². The summed E-state index contributed by atoms with van der Waals surface area (Å²) in [5.41, 5.74) is 0.627. The van der Waals surface area contributed by atoms with Crippen LogP contribution in [0.25, 0.3) is 0 Å². The standard InChI is InChI=1S/C15H17F3INO2/c1-4-8-20(14(21)15(16,17)18)13(5-2)11-9-10(22-3)6-7-12(11)19/h4,6-7,9,13H,1,5,8H2,2-3H3. The molecule has 1 atom stereocenters. The molecule has 0 aliphatic carbocycles. The molecular weight excluding hydrogens is 410 g/mol. The molecule has 1 aromatic carbocycles. The number of hydrogen-bond acceptors (Lipinski definition) is 2. The Bertz CT molecular complexity index is 546. The minimum atomic E-state index is -4.92. The third kappa shape index (κ3) is 4.37. The normalized spacial score (nSPS) is 12.6. The number of methoxy groups -OCH3 is 1. The number of carbonyl (C=O) groups is 1. The van der Waals surface area contributed by atoms with E-state index in [0.717, 1.165) is 8.47 Å². The molecule has 0 fully saturated rings. The molecule has 1 rings (SSSR count). The molecule has 0 aromatic heterocycles. The molecule has 0 spiro atoms. The quantitative estimate of drug-likeness (QED) is 0.500. The molecule has 0 radical (unpaired) electrons. The van der Waals surface area contributed by atoms with Crippen molar-refractivity contribution in [1.82, 2.24) is 4.90 Å². The van der Waals surface area contributed by atoms with Crippen LogP contribution in [0.2, 0.25) is 0 Å². The zero-order valence-corrected chi connectivity index (χ0v) is 14.4. The van der Waals surface area contributed by atoms with E-state index in [4.69, 9.17) is 4.74 Å². The van der Waals surface area contributed by atoms with Crippen LogP contribution in [0.3, 0.4) is 0 Å². The van der Waals surface area contributed by atoms with Crippen LogP contribution in [-0.4, -0.2) is 30.6 Å². The molecule has 3 nitrogen and oxygen atoms in total. The first-order valence-electron chi connectivity index (χ1n) is 6.58. The number of carbonyl (C=O) groups excluding carboxylic acids is 1. The van der Waals surface area contributed by atoms with Gasteiger partial charge in [-0.2, -0.15) is 13.2 Å². The minimum absolute atomic E-state index is 0.176. The van der Waals surface area contributed by atoms with Gasteiger partial charge in [-0.25, -0.2) is 0 Å². The summed E-state index contributed by atoms with van der Waals surface area (Å²) in [5, 5.41) is 0. The number of hydrogen-bond donors (Lipinski definition) is 0. The van der Waals surface area contributed by atoms with Crippen molar-refractivity contribution in [1.29, 1.82) is 0 Å². The van der Waals surface area contributed by atoms with Gasteiger partial charge >= 0.3 is 12.1 Å². The maximum atomic E-state index is 12.8. The van der Waals surface area contributed by atoms with Crippen molar-refractivity contribution in [3.8, 4) is 5.75 Å². The van der Waals surface area contributed by atoms with E-state index in [-0.39, 0.29) is 6.54 Å². The molecule has 22 heavy (non-hydrogen) atoms. The average Bonchev–Trinajstić information content (AvgIpc) is 2.47. The lowest BCUT2D eigenvalue weighted by molar-refractivity contribution is -0.187. The summed E-state index contributed by atoms with van der Waals surface area (Å²) in [7, 11) is 1.48. The van der Waals surface area contributed by atoms with E-state index in [0.29, 0.717) is 17.7 Å². The van der Waals surface area contributed by atoms with Gasteiger partial charge in [0.15, 0.2) is 0 Å². The number of halogens is 4. The Morgan fingerprint density at radius 1 is 1.50 bits per heavy atom. The van der Waals surface area contributed by atoms with Gasteiger partial charge in [0.25, 0.3) is 0 Å². The molecule has 0 bridgehead atoms. The van der Waals surface area contributed by atoms with E-state index in [1.807, 2.05) is 22.6 Å². The highest BCUT2D eigenvalue weighted by molar-refractivity contribution is 14.1. The van der Waals surface area contributed by atoms with E-state index in [9.17, 15) is 18.0 Å². The Hall–Kier alpha value is -1.25. The molecule has 1 unspecified atom stereocenters. The zero-order chi connectivity index (χ0) is 16.9. The average molecular weight is 427 g/mol. The van der Waals surface area contributed by atoms with E-state index < -0.39 is 18.1 Å². The predicted molar refractivity (Wildman–Crippen MR) is 86.7 cm³/mol. The summed E-state index contributed by atoms with van der Waals surface area (Å²) >= 11 is 2.04. The van der Waals surface area contributed by atoms with Crippen LogP contribution in [0, 0.1) is 3.57 Å². The Labute approximate surface area is 141 Å². The number of benzene rings is 1. The third-order valence-electron chi connectivity index (χ3n) is 3.15. The summed E-state index contributed by atoms with van der Waals surface area (Å²) in [4.78, 5) is 12.5. The van der Waals surface area contributed by atoms with Gasteiger partial charge in [-0.05, 0) is 52.8 Å². The van der Waals surface area contributed by atoms with Crippen molar-refractivity contribution in [3.05, 3.63) is 40.0 Å². The molecule has 122 valence electrons. The van der Waals surface area contributed by atoms with Gasteiger partial charge in [0.05, 0.1) is 13.2 Å². The van der Waals surface area contributed by atoms with Crippen LogP contribution in [0.1, 0.15) is 24.9 Å². The molecule has 7 heteroatoms. The highest BCUT2D eigenvalue weighted by Crippen LogP contribution is 2.33. The lowest BCUT2D eigenvalue weighted by Gasteiger charge is -2.32. The highest BCUT2D eigenvalue weighted by atomic mass is 127. The van der Waals surface area contributed by atoms with E-state index in [1.54, 1.807) is 25.1 Å². The fourth-order valence-corrected chi connectivity index (χ4v) is 2.86. The summed E-state index contributed by atoms with van der Waals surface area (Å²) in [5.74, 6) is -1.33. The van der Waals surface area contributed by atoms with Crippen LogP contribution in [0.4, 0.5) is 13.2 Å². The highest BCUT2D eigenvalue weighted by Gasteiger charge is 2.44. The number of amides is 1. The summed E-state index contributed by atoms with van der Waals surface area (Å²) in [6, 6.07) is 4.44. The van der Waals surface area contributed by atoms with Crippen LogP contribution < -0.4 is 4.74 Å². The third-order valence-corrected chi connectivity index (χ3v) is 4.14. The van der Waals surface area contributed by atoms with Crippen LogP contribution in [-0.2, 0) is 4.79 Å². The minimum Gasteiger partial charge on any atom is -0.497 e. The van der Waals surface area contributed by atoms with E-state index >= 15 is 0 Å². The molecule has 0 N–H and O–H groups in total. The van der Waals surface area contributed by atoms with Crippen molar-refractivity contribution in [2.45, 2.75) is 25.6 Å². The van der Waals surface area contributed by atoms with E-state index in [2.05, 4.69) is 6.58 Å². The second kappa shape index (κ2) is 7.85. The predicted octanol–water partition coefficient (Wildman–Crippen LogP) is 4.33. The number of ether oxygens (including phenoxy) is 1. The first-order chi connectivity index (χ1) is 10.3. The first-order valence-corrected chi connectivity index (χ1v) is 7.66. The smallest absolute Gasteiger partial charge is 0.471 e. The second-order valence-corrected chi connectivity index (χ2v) is 5.72.